The maximum absolute atomic E-state index is 5.93. The molecule has 0 spiro atoms. The third-order valence-electron chi connectivity index (χ3n) is 3.63. The topological polar surface area (TPSA) is 9.23 Å². The molecule has 0 fully saturated rings. The van der Waals surface area contributed by atoms with E-state index in [0.717, 1.165) is 25.9 Å². The van der Waals surface area contributed by atoms with Crippen LogP contribution in [0.15, 0.2) is 54.6 Å². The highest BCUT2D eigenvalue weighted by molar-refractivity contribution is 5.31. The van der Waals surface area contributed by atoms with Crippen molar-refractivity contribution in [1.82, 2.24) is 0 Å². The fourth-order valence-corrected chi connectivity index (χ4v) is 2.66. The predicted octanol–water partition coefficient (Wildman–Crippen LogP) is 3.93. The van der Waals surface area contributed by atoms with Crippen LogP contribution in [0.25, 0.3) is 0 Å². The summed E-state index contributed by atoms with van der Waals surface area (Å²) in [5.41, 5.74) is 4.24. The molecule has 92 valence electrons. The number of hydrogen-bond donors (Lipinski definition) is 0. The van der Waals surface area contributed by atoms with E-state index in [1.54, 1.807) is 0 Å². The molecule has 2 aromatic rings. The zero-order valence-electron chi connectivity index (χ0n) is 10.5. The summed E-state index contributed by atoms with van der Waals surface area (Å²) in [5, 5.41) is 0. The van der Waals surface area contributed by atoms with E-state index in [2.05, 4.69) is 54.6 Å². The summed E-state index contributed by atoms with van der Waals surface area (Å²) >= 11 is 0. The molecule has 1 heteroatoms. The average Bonchev–Trinajstić information content (AvgIpc) is 2.46. The fraction of sp³-hybridized carbons (Fsp3) is 0.294. The molecule has 0 amide bonds. The van der Waals surface area contributed by atoms with Gasteiger partial charge in [-0.25, -0.2) is 0 Å². The summed E-state index contributed by atoms with van der Waals surface area (Å²) in [4.78, 5) is 0. The van der Waals surface area contributed by atoms with Crippen molar-refractivity contribution in [1.29, 1.82) is 0 Å². The Labute approximate surface area is 108 Å². The van der Waals surface area contributed by atoms with Gasteiger partial charge in [0.25, 0.3) is 0 Å². The van der Waals surface area contributed by atoms with Gasteiger partial charge in [0, 0.05) is 0 Å². The van der Waals surface area contributed by atoms with Crippen molar-refractivity contribution in [2.24, 2.45) is 0 Å². The van der Waals surface area contributed by atoms with Crippen LogP contribution in [0.1, 0.15) is 29.2 Å². The van der Waals surface area contributed by atoms with Crippen LogP contribution in [0, 0.1) is 0 Å². The minimum Gasteiger partial charge on any atom is -0.373 e. The highest BCUT2D eigenvalue weighted by Gasteiger charge is 2.19. The fourth-order valence-electron chi connectivity index (χ4n) is 2.66. The lowest BCUT2D eigenvalue weighted by Gasteiger charge is -2.26. The van der Waals surface area contributed by atoms with Gasteiger partial charge in [-0.1, -0.05) is 54.6 Å². The minimum atomic E-state index is 0.273. The molecule has 0 saturated heterocycles. The van der Waals surface area contributed by atoms with Crippen molar-refractivity contribution in [3.05, 3.63) is 71.3 Å². The van der Waals surface area contributed by atoms with Crippen molar-refractivity contribution in [3.63, 3.8) is 0 Å². The van der Waals surface area contributed by atoms with Gasteiger partial charge in [0.15, 0.2) is 0 Å². The lowest BCUT2D eigenvalue weighted by Crippen LogP contribution is -2.16. The van der Waals surface area contributed by atoms with Crippen molar-refractivity contribution in [2.75, 3.05) is 6.61 Å². The van der Waals surface area contributed by atoms with E-state index in [4.69, 9.17) is 4.74 Å². The summed E-state index contributed by atoms with van der Waals surface area (Å²) in [6.45, 7) is 0.858. The summed E-state index contributed by atoms with van der Waals surface area (Å²) in [6, 6.07) is 19.3. The zero-order valence-corrected chi connectivity index (χ0v) is 10.5. The van der Waals surface area contributed by atoms with E-state index in [9.17, 15) is 0 Å². The first-order valence-electron chi connectivity index (χ1n) is 6.67. The lowest BCUT2D eigenvalue weighted by molar-refractivity contribution is 0.0368. The van der Waals surface area contributed by atoms with E-state index in [1.807, 2.05) is 0 Å². The maximum Gasteiger partial charge on any atom is 0.0830 e. The Balaban J connectivity index is 1.71. The second kappa shape index (κ2) is 5.36. The molecule has 18 heavy (non-hydrogen) atoms. The Hall–Kier alpha value is -1.60. The average molecular weight is 238 g/mol. The van der Waals surface area contributed by atoms with E-state index < -0.39 is 0 Å². The molecular weight excluding hydrogens is 220 g/mol. The number of benzene rings is 2. The van der Waals surface area contributed by atoms with Gasteiger partial charge >= 0.3 is 0 Å². The molecule has 1 aliphatic rings. The monoisotopic (exact) mass is 238 g/mol. The molecule has 0 aliphatic carbocycles. The molecule has 0 bridgehead atoms. The largest absolute Gasteiger partial charge is 0.373 e. The second-order valence-corrected chi connectivity index (χ2v) is 4.83. The van der Waals surface area contributed by atoms with Gasteiger partial charge < -0.3 is 4.74 Å². The standard InChI is InChI=1S/C17H18O/c1-2-6-14(7-3-1)10-11-17-16-9-5-4-8-15(16)12-13-18-17/h1-9,17H,10-13H2. The van der Waals surface area contributed by atoms with E-state index in [0.29, 0.717) is 0 Å². The van der Waals surface area contributed by atoms with Crippen LogP contribution in [0.3, 0.4) is 0 Å². The Morgan fingerprint density at radius 1 is 0.944 bits per heavy atom. The quantitative estimate of drug-likeness (QED) is 0.787. The highest BCUT2D eigenvalue weighted by atomic mass is 16.5. The molecule has 1 nitrogen and oxygen atoms in total. The predicted molar refractivity (Wildman–Crippen MR) is 73.6 cm³/mol. The van der Waals surface area contributed by atoms with Crippen LogP contribution in [0.5, 0.6) is 0 Å². The Bertz CT molecular complexity index is 504. The third-order valence-corrected chi connectivity index (χ3v) is 3.63. The van der Waals surface area contributed by atoms with Gasteiger partial charge in [-0.2, -0.15) is 0 Å². The highest BCUT2D eigenvalue weighted by Crippen LogP contribution is 2.30. The third kappa shape index (κ3) is 2.46. The van der Waals surface area contributed by atoms with E-state index in [1.165, 1.54) is 16.7 Å². The smallest absolute Gasteiger partial charge is 0.0830 e. The van der Waals surface area contributed by atoms with Crippen LogP contribution in [-0.2, 0) is 17.6 Å². The molecule has 0 N–H and O–H groups in total. The lowest BCUT2D eigenvalue weighted by atomic mass is 9.94. The van der Waals surface area contributed by atoms with Gasteiger partial charge in [-0.15, -0.1) is 0 Å². The van der Waals surface area contributed by atoms with Gasteiger partial charge in [0.2, 0.25) is 0 Å². The number of rotatable bonds is 3. The van der Waals surface area contributed by atoms with E-state index in [-0.39, 0.29) is 6.10 Å². The van der Waals surface area contributed by atoms with E-state index >= 15 is 0 Å². The van der Waals surface area contributed by atoms with Gasteiger partial charge in [-0.05, 0) is 36.0 Å². The van der Waals surface area contributed by atoms with Crippen molar-refractivity contribution in [3.8, 4) is 0 Å². The molecule has 3 rings (SSSR count). The Morgan fingerprint density at radius 2 is 1.72 bits per heavy atom. The zero-order chi connectivity index (χ0) is 12.2. The van der Waals surface area contributed by atoms with Crippen molar-refractivity contribution in [2.45, 2.75) is 25.4 Å². The Morgan fingerprint density at radius 3 is 2.61 bits per heavy atom. The number of aryl methyl sites for hydroxylation is 1. The second-order valence-electron chi connectivity index (χ2n) is 4.83. The van der Waals surface area contributed by atoms with Crippen LogP contribution in [-0.4, -0.2) is 6.61 Å². The van der Waals surface area contributed by atoms with Gasteiger partial charge in [0.1, 0.15) is 0 Å². The van der Waals surface area contributed by atoms with Crippen LogP contribution < -0.4 is 0 Å². The van der Waals surface area contributed by atoms with Crippen LogP contribution in [0.4, 0.5) is 0 Å². The molecule has 1 heterocycles. The number of ether oxygens (including phenoxy) is 1. The van der Waals surface area contributed by atoms with Gasteiger partial charge in [0.05, 0.1) is 12.7 Å². The normalized spacial score (nSPS) is 18.3. The summed E-state index contributed by atoms with van der Waals surface area (Å²) in [7, 11) is 0. The summed E-state index contributed by atoms with van der Waals surface area (Å²) < 4.78 is 5.93. The first-order chi connectivity index (χ1) is 8.93. The minimum absolute atomic E-state index is 0.273. The van der Waals surface area contributed by atoms with Crippen molar-refractivity contribution < 1.29 is 4.74 Å². The molecule has 2 aromatic carbocycles. The van der Waals surface area contributed by atoms with Crippen LogP contribution in [0.2, 0.25) is 0 Å². The number of hydrogen-bond acceptors (Lipinski definition) is 1. The first kappa shape index (κ1) is 11.5. The van der Waals surface area contributed by atoms with Gasteiger partial charge in [-0.3, -0.25) is 0 Å². The maximum atomic E-state index is 5.93. The molecular formula is C17H18O. The Kier molecular flexibility index (Phi) is 3.42. The van der Waals surface area contributed by atoms with Crippen molar-refractivity contribution >= 4 is 0 Å². The molecule has 1 unspecified atom stereocenters. The molecule has 0 radical (unpaired) electrons. The molecule has 0 saturated carbocycles. The SMILES string of the molecule is c1ccc(CCC2OCCc3ccccc32)cc1. The summed E-state index contributed by atoms with van der Waals surface area (Å²) in [5.74, 6) is 0. The summed E-state index contributed by atoms with van der Waals surface area (Å²) in [6.07, 6.45) is 3.48. The molecule has 1 aliphatic heterocycles. The molecule has 1 atom stereocenters. The molecule has 0 aromatic heterocycles. The first-order valence-corrected chi connectivity index (χ1v) is 6.67. The van der Waals surface area contributed by atoms with Crippen LogP contribution >= 0.6 is 0 Å². The number of fused-ring (bicyclic) bond motifs is 1.